The van der Waals surface area contributed by atoms with Gasteiger partial charge in [-0.15, -0.1) is 0 Å². The van der Waals surface area contributed by atoms with Crippen molar-refractivity contribution in [2.45, 2.75) is 38.9 Å². The van der Waals surface area contributed by atoms with E-state index in [2.05, 4.69) is 36.1 Å². The van der Waals surface area contributed by atoms with E-state index in [-0.39, 0.29) is 21.3 Å². The van der Waals surface area contributed by atoms with Gasteiger partial charge in [-0.3, -0.25) is 0 Å². The van der Waals surface area contributed by atoms with Crippen LogP contribution in [-0.4, -0.2) is 29.0 Å². The highest BCUT2D eigenvalue weighted by Gasteiger charge is 2.38. The molecule has 9 heteroatoms. The summed E-state index contributed by atoms with van der Waals surface area (Å²) in [7, 11) is 3.83. The minimum atomic E-state index is -4.61. The fourth-order valence-corrected chi connectivity index (χ4v) is 4.89. The molecule has 2 aromatic carbocycles. The summed E-state index contributed by atoms with van der Waals surface area (Å²) in [5.41, 5.74) is 1.69. The molecule has 1 N–H and O–H groups in total. The van der Waals surface area contributed by atoms with Gasteiger partial charge < -0.3 is 15.0 Å². The summed E-state index contributed by atoms with van der Waals surface area (Å²) in [5.74, 6) is 0.878. The van der Waals surface area contributed by atoms with E-state index in [4.69, 9.17) is 4.74 Å². The van der Waals surface area contributed by atoms with Crippen LogP contribution in [0.5, 0.6) is 11.6 Å². The molecular weight excluding hydrogens is 497 g/mol. The number of para-hydroxylation sites is 1. The third-order valence-corrected chi connectivity index (χ3v) is 6.52. The minimum absolute atomic E-state index is 0.0556. The Kier molecular flexibility index (Phi) is 7.57. The molecule has 0 aliphatic carbocycles. The predicted octanol–water partition coefficient (Wildman–Crippen LogP) is 8.12. The van der Waals surface area contributed by atoms with Crippen molar-refractivity contribution in [1.82, 2.24) is 14.9 Å². The Bertz CT molecular complexity index is 1380. The molecule has 4 rings (SSSR count). The summed E-state index contributed by atoms with van der Waals surface area (Å²) >= 11 is 0.945. The maximum absolute atomic E-state index is 14.0. The largest absolute Gasteiger partial charge is 0.437 e. The number of nitrogens with zero attached hydrogens (tertiary/aromatic N) is 3. The molecule has 0 bridgehead atoms. The Morgan fingerprint density at radius 1 is 0.973 bits per heavy atom. The van der Waals surface area contributed by atoms with Crippen molar-refractivity contribution < 1.29 is 17.9 Å². The first kappa shape index (κ1) is 26.6. The molecule has 0 saturated carbocycles. The lowest BCUT2D eigenvalue weighted by Crippen LogP contribution is -2.12. The van der Waals surface area contributed by atoms with E-state index in [1.165, 1.54) is 0 Å². The van der Waals surface area contributed by atoms with Gasteiger partial charge >= 0.3 is 6.18 Å². The van der Waals surface area contributed by atoms with Crippen molar-refractivity contribution in [3.8, 4) is 22.1 Å². The number of rotatable bonds is 7. The van der Waals surface area contributed by atoms with Crippen LogP contribution in [0.25, 0.3) is 10.4 Å². The minimum Gasteiger partial charge on any atom is -0.437 e. The first-order chi connectivity index (χ1) is 17.4. The zero-order chi connectivity index (χ0) is 26.8. The number of hydrogen-bond donors (Lipinski definition) is 1. The average Bonchev–Trinajstić information content (AvgIpc) is 3.24. The van der Waals surface area contributed by atoms with Crippen molar-refractivity contribution in [3.05, 3.63) is 83.7 Å². The third-order valence-electron chi connectivity index (χ3n) is 5.50. The van der Waals surface area contributed by atoms with E-state index >= 15 is 0 Å². The summed E-state index contributed by atoms with van der Waals surface area (Å²) in [5, 5.41) is 3.11. The summed E-state index contributed by atoms with van der Waals surface area (Å²) in [6, 6.07) is 18.1. The van der Waals surface area contributed by atoms with Gasteiger partial charge in [-0.25, -0.2) is 9.97 Å². The lowest BCUT2D eigenvalue weighted by atomic mass is 9.86. The van der Waals surface area contributed by atoms with Crippen molar-refractivity contribution in [2.75, 3.05) is 19.4 Å². The highest BCUT2D eigenvalue weighted by molar-refractivity contribution is 7.19. The van der Waals surface area contributed by atoms with Gasteiger partial charge in [-0.2, -0.15) is 13.2 Å². The van der Waals surface area contributed by atoms with Crippen molar-refractivity contribution >= 4 is 22.2 Å². The number of ether oxygens (including phenoxy) is 1. The number of anilines is 2. The maximum Gasteiger partial charge on any atom is 0.434 e. The van der Waals surface area contributed by atoms with E-state index in [9.17, 15) is 13.2 Å². The van der Waals surface area contributed by atoms with Gasteiger partial charge in [-0.05, 0) is 54.9 Å². The topological polar surface area (TPSA) is 50.3 Å². The van der Waals surface area contributed by atoms with Gasteiger partial charge in [-0.1, -0.05) is 68.5 Å². The summed E-state index contributed by atoms with van der Waals surface area (Å²) in [6.45, 7) is 6.85. The molecule has 0 spiro atoms. The van der Waals surface area contributed by atoms with Crippen LogP contribution >= 0.6 is 11.3 Å². The van der Waals surface area contributed by atoms with Crippen molar-refractivity contribution in [2.24, 2.45) is 0 Å². The second-order valence-corrected chi connectivity index (χ2v) is 11.0. The van der Waals surface area contributed by atoms with Gasteiger partial charge in [0.2, 0.25) is 5.88 Å². The van der Waals surface area contributed by atoms with E-state index in [1.807, 2.05) is 49.3 Å². The third kappa shape index (κ3) is 6.47. The Morgan fingerprint density at radius 2 is 1.73 bits per heavy atom. The van der Waals surface area contributed by atoms with E-state index in [1.54, 1.807) is 36.5 Å². The average molecular weight is 527 g/mol. The van der Waals surface area contributed by atoms with Gasteiger partial charge in [0.15, 0.2) is 10.8 Å². The number of halogens is 3. The molecule has 2 aromatic heterocycles. The Morgan fingerprint density at radius 3 is 2.43 bits per heavy atom. The molecule has 0 fully saturated rings. The Labute approximate surface area is 219 Å². The van der Waals surface area contributed by atoms with Gasteiger partial charge in [0.05, 0.1) is 4.88 Å². The number of hydrogen-bond acceptors (Lipinski definition) is 6. The second-order valence-electron chi connectivity index (χ2n) is 9.96. The van der Waals surface area contributed by atoms with Crippen LogP contribution in [0.1, 0.15) is 37.6 Å². The molecular formula is C28H29F3N4OS. The highest BCUT2D eigenvalue weighted by atomic mass is 32.1. The molecule has 0 saturated heterocycles. The van der Waals surface area contributed by atoms with E-state index in [0.29, 0.717) is 23.5 Å². The smallest absolute Gasteiger partial charge is 0.434 e. The molecule has 0 radical (unpaired) electrons. The quantitative estimate of drug-likeness (QED) is 0.264. The van der Waals surface area contributed by atoms with Gasteiger partial charge in [0, 0.05) is 18.3 Å². The van der Waals surface area contributed by atoms with Crippen LogP contribution in [0.3, 0.4) is 0 Å². The number of pyridine rings is 1. The van der Waals surface area contributed by atoms with Crippen LogP contribution in [-0.2, 0) is 18.1 Å². The number of thiazole rings is 1. The van der Waals surface area contributed by atoms with Crippen molar-refractivity contribution in [1.29, 1.82) is 0 Å². The number of nitrogens with one attached hydrogen (secondary N) is 1. The van der Waals surface area contributed by atoms with E-state index < -0.39 is 11.9 Å². The molecule has 37 heavy (non-hydrogen) atoms. The zero-order valence-electron chi connectivity index (χ0n) is 21.3. The lowest BCUT2D eigenvalue weighted by Gasteiger charge is -2.22. The van der Waals surface area contributed by atoms with Crippen LogP contribution in [0.15, 0.2) is 66.9 Å². The summed E-state index contributed by atoms with van der Waals surface area (Å²) < 4.78 is 48.1. The predicted molar refractivity (Wildman–Crippen MR) is 143 cm³/mol. The zero-order valence-corrected chi connectivity index (χ0v) is 22.2. The Hall–Kier alpha value is -3.43. The molecule has 0 atom stereocenters. The molecule has 0 aliphatic heterocycles. The summed E-state index contributed by atoms with van der Waals surface area (Å²) in [6.07, 6.45) is -3.03. The molecule has 0 aliphatic rings. The maximum atomic E-state index is 14.0. The first-order valence-electron chi connectivity index (χ1n) is 11.7. The number of benzene rings is 2. The molecule has 4 aromatic rings. The fraction of sp³-hybridized carbons (Fsp3) is 0.286. The first-order valence-corrected chi connectivity index (χ1v) is 12.5. The van der Waals surface area contributed by atoms with Crippen LogP contribution < -0.4 is 10.1 Å². The second kappa shape index (κ2) is 10.5. The monoisotopic (exact) mass is 526 g/mol. The highest BCUT2D eigenvalue weighted by Crippen LogP contribution is 2.44. The summed E-state index contributed by atoms with van der Waals surface area (Å²) in [4.78, 5) is 10.3. The van der Waals surface area contributed by atoms with E-state index in [0.717, 1.165) is 22.5 Å². The lowest BCUT2D eigenvalue weighted by molar-refractivity contribution is -0.140. The van der Waals surface area contributed by atoms with Crippen LogP contribution in [0.4, 0.5) is 24.0 Å². The molecule has 194 valence electrons. The van der Waals surface area contributed by atoms with Gasteiger partial charge in [0.25, 0.3) is 0 Å². The molecule has 0 unspecified atom stereocenters. The van der Waals surface area contributed by atoms with Crippen LogP contribution in [0.2, 0.25) is 0 Å². The number of aromatic nitrogens is 2. The number of alkyl halides is 3. The molecule has 0 amide bonds. The molecule has 2 heterocycles. The fourth-order valence-electron chi connectivity index (χ4n) is 3.90. The standard InChI is InChI=1S/C28H29F3N4OS/c1-27(2,3)20-12-6-7-14-22(20)36-25-21(13-9-15-32-25)33-26-34-24(28(29,30)31)23(37-26)19-11-8-10-18(16-19)17-35(4)5/h6-16H,17H2,1-5H3,(H,33,34). The SMILES string of the molecule is CN(C)Cc1cccc(-c2sc(Nc3cccnc3Oc3ccccc3C(C)(C)C)nc2C(F)(F)F)c1. The molecule has 5 nitrogen and oxygen atoms in total. The Balaban J connectivity index is 1.69. The van der Waals surface area contributed by atoms with Gasteiger partial charge in [0.1, 0.15) is 11.4 Å². The van der Waals surface area contributed by atoms with Crippen molar-refractivity contribution in [3.63, 3.8) is 0 Å². The van der Waals surface area contributed by atoms with Crippen LogP contribution in [0, 0.1) is 0 Å². The normalized spacial score (nSPS) is 12.1.